The minimum Gasteiger partial charge on any atom is -0.352 e. The number of benzene rings is 1. The van der Waals surface area contributed by atoms with E-state index >= 15 is 0 Å². The van der Waals surface area contributed by atoms with Crippen LogP contribution < -0.4 is 10.6 Å². The molecule has 1 aromatic rings. The molecule has 0 atom stereocenters. The Morgan fingerprint density at radius 2 is 1.77 bits per heavy atom. The second-order valence-corrected chi connectivity index (χ2v) is 8.44. The molecule has 1 fully saturated rings. The highest BCUT2D eigenvalue weighted by atomic mass is 19.4. The summed E-state index contributed by atoms with van der Waals surface area (Å²) >= 11 is 0. The molecular formula is C21H29F4N3O2. The summed E-state index contributed by atoms with van der Waals surface area (Å²) in [5.41, 5.74) is -1.79. The second-order valence-electron chi connectivity index (χ2n) is 8.44. The fourth-order valence-electron chi connectivity index (χ4n) is 3.28. The average Bonchev–Trinajstić information content (AvgIpc) is 2.65. The normalized spacial score (nSPS) is 16.4. The predicted octanol–water partition coefficient (Wildman–Crippen LogP) is 3.59. The highest BCUT2D eigenvalue weighted by molar-refractivity contribution is 5.94. The van der Waals surface area contributed by atoms with Gasteiger partial charge >= 0.3 is 6.18 Å². The van der Waals surface area contributed by atoms with E-state index in [1.165, 1.54) is 0 Å². The molecule has 0 aromatic heterocycles. The standard InChI is InChI=1S/C21H29F4N3O2/c1-4-20(2,3)27-18(29)13-28-7-5-14(6-8-28)12-26-19(30)15-9-16(21(23,24)25)11-17(22)10-15/h9-11,14H,4-8,12-13H2,1-3H3,(H,26,30)(H,27,29). The van der Waals surface area contributed by atoms with Gasteiger partial charge in [0, 0.05) is 17.6 Å². The van der Waals surface area contributed by atoms with Crippen LogP contribution in [0.2, 0.25) is 0 Å². The van der Waals surface area contributed by atoms with Gasteiger partial charge in [-0.05, 0) is 70.3 Å². The molecule has 1 heterocycles. The smallest absolute Gasteiger partial charge is 0.352 e. The Bertz CT molecular complexity index is 757. The van der Waals surface area contributed by atoms with Crippen LogP contribution >= 0.6 is 0 Å². The zero-order valence-corrected chi connectivity index (χ0v) is 17.5. The molecule has 30 heavy (non-hydrogen) atoms. The van der Waals surface area contributed by atoms with Crippen molar-refractivity contribution in [1.82, 2.24) is 15.5 Å². The van der Waals surface area contributed by atoms with Gasteiger partial charge in [-0.3, -0.25) is 14.5 Å². The van der Waals surface area contributed by atoms with Crippen molar-refractivity contribution >= 4 is 11.8 Å². The zero-order valence-electron chi connectivity index (χ0n) is 17.5. The third-order valence-corrected chi connectivity index (χ3v) is 5.47. The lowest BCUT2D eigenvalue weighted by molar-refractivity contribution is -0.137. The van der Waals surface area contributed by atoms with Crippen LogP contribution in [-0.2, 0) is 11.0 Å². The Kier molecular flexibility index (Phi) is 7.85. The van der Waals surface area contributed by atoms with Gasteiger partial charge in [0.15, 0.2) is 0 Å². The van der Waals surface area contributed by atoms with Crippen molar-refractivity contribution in [3.05, 3.63) is 35.1 Å². The van der Waals surface area contributed by atoms with Crippen LogP contribution in [0.15, 0.2) is 18.2 Å². The van der Waals surface area contributed by atoms with Crippen LogP contribution in [-0.4, -0.2) is 48.4 Å². The number of halogens is 4. The van der Waals surface area contributed by atoms with Crippen LogP contribution in [0, 0.1) is 11.7 Å². The van der Waals surface area contributed by atoms with Crippen molar-refractivity contribution in [3.8, 4) is 0 Å². The first kappa shape index (κ1) is 24.1. The molecule has 0 spiro atoms. The number of likely N-dealkylation sites (tertiary alicyclic amines) is 1. The summed E-state index contributed by atoms with van der Waals surface area (Å²) in [5, 5.41) is 5.59. The highest BCUT2D eigenvalue weighted by Crippen LogP contribution is 2.30. The predicted molar refractivity (Wildman–Crippen MR) is 105 cm³/mol. The minimum atomic E-state index is -4.72. The summed E-state index contributed by atoms with van der Waals surface area (Å²) in [4.78, 5) is 26.4. The van der Waals surface area contributed by atoms with E-state index in [2.05, 4.69) is 10.6 Å². The number of piperidine rings is 1. The lowest BCUT2D eigenvalue weighted by Gasteiger charge is -2.33. The minimum absolute atomic E-state index is 0.0276. The molecule has 168 valence electrons. The first-order valence-corrected chi connectivity index (χ1v) is 10.1. The summed E-state index contributed by atoms with van der Waals surface area (Å²) in [6, 6.07) is 1.81. The summed E-state index contributed by atoms with van der Waals surface area (Å²) in [7, 11) is 0. The Balaban J connectivity index is 1.80. The SMILES string of the molecule is CCC(C)(C)NC(=O)CN1CCC(CNC(=O)c2cc(F)cc(C(F)(F)F)c2)CC1. The number of hydrogen-bond acceptors (Lipinski definition) is 3. The number of carbonyl (C=O) groups excluding carboxylic acids is 2. The molecule has 5 nitrogen and oxygen atoms in total. The molecule has 0 bridgehead atoms. The Hall–Kier alpha value is -2.16. The van der Waals surface area contributed by atoms with Crippen molar-refractivity contribution in [3.63, 3.8) is 0 Å². The molecule has 2 rings (SSSR count). The van der Waals surface area contributed by atoms with Gasteiger partial charge < -0.3 is 10.6 Å². The number of nitrogens with one attached hydrogen (secondary N) is 2. The van der Waals surface area contributed by atoms with E-state index in [9.17, 15) is 27.2 Å². The highest BCUT2D eigenvalue weighted by Gasteiger charge is 2.32. The van der Waals surface area contributed by atoms with E-state index in [4.69, 9.17) is 0 Å². The number of alkyl halides is 3. The number of rotatable bonds is 7. The molecule has 0 unspecified atom stereocenters. The van der Waals surface area contributed by atoms with E-state index in [0.717, 1.165) is 25.3 Å². The molecule has 0 radical (unpaired) electrons. The van der Waals surface area contributed by atoms with E-state index < -0.39 is 23.5 Å². The van der Waals surface area contributed by atoms with Crippen LogP contribution in [0.1, 0.15) is 56.0 Å². The number of carbonyl (C=O) groups is 2. The monoisotopic (exact) mass is 431 g/mol. The maximum atomic E-state index is 13.5. The van der Waals surface area contributed by atoms with Gasteiger partial charge in [-0.15, -0.1) is 0 Å². The largest absolute Gasteiger partial charge is 0.416 e. The maximum Gasteiger partial charge on any atom is 0.416 e. The molecule has 2 N–H and O–H groups in total. The van der Waals surface area contributed by atoms with E-state index in [1.807, 2.05) is 25.7 Å². The van der Waals surface area contributed by atoms with Gasteiger partial charge in [-0.2, -0.15) is 13.2 Å². The Labute approximate surface area is 174 Å². The molecule has 1 aliphatic heterocycles. The Morgan fingerprint density at radius 1 is 1.13 bits per heavy atom. The Morgan fingerprint density at radius 3 is 2.33 bits per heavy atom. The summed E-state index contributed by atoms with van der Waals surface area (Å²) in [5.74, 6) is -1.72. The lowest BCUT2D eigenvalue weighted by atomic mass is 9.96. The quantitative estimate of drug-likeness (QED) is 0.649. The van der Waals surface area contributed by atoms with Gasteiger partial charge in [-0.1, -0.05) is 6.92 Å². The topological polar surface area (TPSA) is 61.4 Å². The van der Waals surface area contributed by atoms with E-state index in [0.29, 0.717) is 38.3 Å². The molecule has 1 aromatic carbocycles. The number of amides is 2. The summed E-state index contributed by atoms with van der Waals surface area (Å²) in [6.45, 7) is 7.93. The first-order chi connectivity index (χ1) is 13.9. The van der Waals surface area contributed by atoms with Crippen molar-refractivity contribution < 1.29 is 27.2 Å². The van der Waals surface area contributed by atoms with E-state index in [-0.39, 0.29) is 22.9 Å². The van der Waals surface area contributed by atoms with Crippen LogP contribution in [0.4, 0.5) is 17.6 Å². The third-order valence-electron chi connectivity index (χ3n) is 5.47. The molecule has 1 saturated heterocycles. The van der Waals surface area contributed by atoms with Crippen LogP contribution in [0.5, 0.6) is 0 Å². The van der Waals surface area contributed by atoms with Crippen molar-refractivity contribution in [2.45, 2.75) is 51.7 Å². The first-order valence-electron chi connectivity index (χ1n) is 10.1. The van der Waals surface area contributed by atoms with Gasteiger partial charge in [0.05, 0.1) is 12.1 Å². The third kappa shape index (κ3) is 7.27. The van der Waals surface area contributed by atoms with Gasteiger partial charge in [0.1, 0.15) is 5.82 Å². The van der Waals surface area contributed by atoms with Crippen LogP contribution in [0.3, 0.4) is 0 Å². The number of hydrogen-bond donors (Lipinski definition) is 2. The summed E-state index contributed by atoms with van der Waals surface area (Å²) in [6.07, 6.45) is -2.39. The second kappa shape index (κ2) is 9.76. The molecule has 2 amide bonds. The van der Waals surface area contributed by atoms with Gasteiger partial charge in [0.25, 0.3) is 5.91 Å². The average molecular weight is 431 g/mol. The van der Waals surface area contributed by atoms with E-state index in [1.54, 1.807) is 0 Å². The van der Waals surface area contributed by atoms with Crippen molar-refractivity contribution in [1.29, 1.82) is 0 Å². The lowest BCUT2D eigenvalue weighted by Crippen LogP contribution is -2.49. The van der Waals surface area contributed by atoms with Gasteiger partial charge in [0.2, 0.25) is 5.91 Å². The van der Waals surface area contributed by atoms with Crippen LogP contribution in [0.25, 0.3) is 0 Å². The molecule has 0 aliphatic carbocycles. The molecule has 1 aliphatic rings. The molecular weight excluding hydrogens is 402 g/mol. The van der Waals surface area contributed by atoms with Crippen molar-refractivity contribution in [2.24, 2.45) is 5.92 Å². The molecule has 0 saturated carbocycles. The maximum absolute atomic E-state index is 13.5. The fourth-order valence-corrected chi connectivity index (χ4v) is 3.28. The van der Waals surface area contributed by atoms with Crippen molar-refractivity contribution in [2.75, 3.05) is 26.2 Å². The zero-order chi connectivity index (χ0) is 22.5. The number of nitrogens with zero attached hydrogens (tertiary/aromatic N) is 1. The fraction of sp³-hybridized carbons (Fsp3) is 0.619. The summed E-state index contributed by atoms with van der Waals surface area (Å²) < 4.78 is 51.9. The molecule has 9 heteroatoms. The van der Waals surface area contributed by atoms with Gasteiger partial charge in [-0.25, -0.2) is 4.39 Å².